The van der Waals surface area contributed by atoms with Crippen molar-refractivity contribution in [3.8, 4) is 0 Å². The molecule has 4 rings (SSSR count). The van der Waals surface area contributed by atoms with Crippen LogP contribution in [0, 0.1) is 0 Å². The number of likely N-dealkylation sites (tertiary alicyclic amines) is 1. The molecule has 5 heteroatoms. The van der Waals surface area contributed by atoms with Crippen LogP contribution in [0.3, 0.4) is 0 Å². The number of hydrogen-bond acceptors (Lipinski definition) is 4. The molecule has 0 saturated carbocycles. The van der Waals surface area contributed by atoms with Crippen LogP contribution in [0.25, 0.3) is 0 Å². The molecule has 1 amide bonds. The van der Waals surface area contributed by atoms with E-state index in [0.717, 1.165) is 24.9 Å². The molecule has 0 spiro atoms. The van der Waals surface area contributed by atoms with Crippen LogP contribution >= 0.6 is 23.5 Å². The number of aromatic nitrogens is 1. The van der Waals surface area contributed by atoms with Crippen molar-refractivity contribution in [1.29, 1.82) is 0 Å². The van der Waals surface area contributed by atoms with E-state index in [-0.39, 0.29) is 11.9 Å². The molecule has 2 saturated heterocycles. The SMILES string of the molecule is O=C(c1ccc(C2SCCS2)cc1)N1CCCCCC1c1ccncc1. The van der Waals surface area contributed by atoms with Crippen molar-refractivity contribution in [1.82, 2.24) is 9.88 Å². The van der Waals surface area contributed by atoms with Crippen molar-refractivity contribution in [3.63, 3.8) is 0 Å². The molecule has 1 aromatic heterocycles. The Bertz CT molecular complexity index is 729. The van der Waals surface area contributed by atoms with Gasteiger partial charge in [-0.05, 0) is 48.2 Å². The number of rotatable bonds is 3. The van der Waals surface area contributed by atoms with E-state index in [9.17, 15) is 4.79 Å². The summed E-state index contributed by atoms with van der Waals surface area (Å²) in [5.74, 6) is 2.60. The molecule has 2 aliphatic heterocycles. The molecule has 1 unspecified atom stereocenters. The minimum atomic E-state index is 0.159. The molecule has 0 bridgehead atoms. The van der Waals surface area contributed by atoms with Crippen LogP contribution in [0.4, 0.5) is 0 Å². The smallest absolute Gasteiger partial charge is 0.254 e. The van der Waals surface area contributed by atoms with Crippen molar-refractivity contribution in [2.75, 3.05) is 18.1 Å². The van der Waals surface area contributed by atoms with Gasteiger partial charge in [0.15, 0.2) is 0 Å². The molecule has 136 valence electrons. The molecule has 3 heterocycles. The maximum absolute atomic E-state index is 13.3. The summed E-state index contributed by atoms with van der Waals surface area (Å²) >= 11 is 4.00. The highest BCUT2D eigenvalue weighted by Gasteiger charge is 2.28. The predicted molar refractivity (Wildman–Crippen MR) is 111 cm³/mol. The first kappa shape index (κ1) is 17.9. The molecule has 0 N–H and O–H groups in total. The lowest BCUT2D eigenvalue weighted by Gasteiger charge is -2.30. The zero-order chi connectivity index (χ0) is 17.8. The normalized spacial score (nSPS) is 21.5. The highest BCUT2D eigenvalue weighted by molar-refractivity contribution is 8.19. The molecule has 2 fully saturated rings. The van der Waals surface area contributed by atoms with Crippen LogP contribution in [-0.4, -0.2) is 33.8 Å². The average Bonchev–Trinajstić information content (AvgIpc) is 3.13. The fourth-order valence-corrected chi connectivity index (χ4v) is 6.64. The van der Waals surface area contributed by atoms with Gasteiger partial charge in [-0.2, -0.15) is 0 Å². The lowest BCUT2D eigenvalue weighted by atomic mass is 10.0. The second-order valence-corrected chi connectivity index (χ2v) is 9.56. The number of nitrogens with zero attached hydrogens (tertiary/aromatic N) is 2. The van der Waals surface area contributed by atoms with Gasteiger partial charge in [0.25, 0.3) is 5.91 Å². The summed E-state index contributed by atoms with van der Waals surface area (Å²) < 4.78 is 0.530. The van der Waals surface area contributed by atoms with Gasteiger partial charge in [0.2, 0.25) is 0 Å². The molecular formula is C21H24N2OS2. The summed E-state index contributed by atoms with van der Waals surface area (Å²) in [4.78, 5) is 19.5. The van der Waals surface area contributed by atoms with Crippen molar-refractivity contribution < 1.29 is 4.79 Å². The fraction of sp³-hybridized carbons (Fsp3) is 0.429. The van der Waals surface area contributed by atoms with Crippen LogP contribution in [0.15, 0.2) is 48.8 Å². The van der Waals surface area contributed by atoms with Gasteiger partial charge in [0, 0.05) is 36.0 Å². The van der Waals surface area contributed by atoms with Crippen molar-refractivity contribution in [3.05, 3.63) is 65.5 Å². The van der Waals surface area contributed by atoms with Crippen molar-refractivity contribution in [2.24, 2.45) is 0 Å². The van der Waals surface area contributed by atoms with Crippen molar-refractivity contribution >= 4 is 29.4 Å². The zero-order valence-corrected chi connectivity index (χ0v) is 16.5. The van der Waals surface area contributed by atoms with E-state index in [1.807, 2.05) is 60.2 Å². The van der Waals surface area contributed by atoms with Gasteiger partial charge >= 0.3 is 0 Å². The van der Waals surface area contributed by atoms with E-state index in [4.69, 9.17) is 0 Å². The van der Waals surface area contributed by atoms with Gasteiger partial charge in [-0.3, -0.25) is 9.78 Å². The monoisotopic (exact) mass is 384 g/mol. The summed E-state index contributed by atoms with van der Waals surface area (Å²) in [5.41, 5.74) is 3.34. The Balaban J connectivity index is 1.56. The highest BCUT2D eigenvalue weighted by Crippen LogP contribution is 2.45. The summed E-state index contributed by atoms with van der Waals surface area (Å²) in [6.45, 7) is 0.835. The highest BCUT2D eigenvalue weighted by atomic mass is 32.2. The van der Waals surface area contributed by atoms with Gasteiger partial charge in [0.05, 0.1) is 10.6 Å². The van der Waals surface area contributed by atoms with E-state index >= 15 is 0 Å². The van der Waals surface area contributed by atoms with E-state index < -0.39 is 0 Å². The van der Waals surface area contributed by atoms with Crippen LogP contribution in [0.1, 0.15) is 57.8 Å². The third-order valence-electron chi connectivity index (χ3n) is 5.16. The first-order valence-electron chi connectivity index (χ1n) is 9.37. The minimum Gasteiger partial charge on any atom is -0.332 e. The standard InChI is InChI=1S/C21H24N2OS2/c24-20(17-5-7-18(8-6-17)21-25-14-15-26-21)23-13-3-1-2-4-19(23)16-9-11-22-12-10-16/h5-12,19,21H,1-4,13-15H2. The van der Waals surface area contributed by atoms with Crippen LogP contribution in [0.5, 0.6) is 0 Å². The number of carbonyl (C=O) groups excluding carboxylic acids is 1. The maximum atomic E-state index is 13.3. The molecular weight excluding hydrogens is 360 g/mol. The van der Waals surface area contributed by atoms with Gasteiger partial charge in [0.1, 0.15) is 0 Å². The molecule has 1 aromatic carbocycles. The van der Waals surface area contributed by atoms with Crippen molar-refractivity contribution in [2.45, 2.75) is 36.3 Å². The number of benzene rings is 1. The molecule has 1 atom stereocenters. The summed E-state index contributed by atoms with van der Waals surface area (Å²) in [5, 5.41) is 0. The van der Waals surface area contributed by atoms with E-state index in [0.29, 0.717) is 4.58 Å². The van der Waals surface area contributed by atoms with E-state index in [1.165, 1.54) is 35.5 Å². The first-order valence-corrected chi connectivity index (χ1v) is 11.5. The number of hydrogen-bond donors (Lipinski definition) is 0. The van der Waals surface area contributed by atoms with Gasteiger partial charge < -0.3 is 4.90 Å². The molecule has 3 nitrogen and oxygen atoms in total. The molecule has 0 radical (unpaired) electrons. The van der Waals surface area contributed by atoms with E-state index in [2.05, 4.69) is 22.0 Å². The number of amides is 1. The molecule has 2 aliphatic rings. The van der Waals surface area contributed by atoms with Gasteiger partial charge in [-0.25, -0.2) is 0 Å². The topological polar surface area (TPSA) is 33.2 Å². The number of carbonyl (C=O) groups is 1. The minimum absolute atomic E-state index is 0.159. The van der Waals surface area contributed by atoms with Crippen LogP contribution in [0.2, 0.25) is 0 Å². The predicted octanol–water partition coefficient (Wildman–Crippen LogP) is 5.32. The molecule has 26 heavy (non-hydrogen) atoms. The Morgan fingerprint density at radius 2 is 1.65 bits per heavy atom. The number of thioether (sulfide) groups is 2. The van der Waals surface area contributed by atoms with Crippen LogP contribution < -0.4 is 0 Å². The van der Waals surface area contributed by atoms with E-state index in [1.54, 1.807) is 0 Å². The fourth-order valence-electron chi connectivity index (χ4n) is 3.78. The summed E-state index contributed by atoms with van der Waals surface area (Å²) in [6.07, 6.45) is 8.14. The second-order valence-electron chi connectivity index (χ2n) is 6.84. The number of pyridine rings is 1. The zero-order valence-electron chi connectivity index (χ0n) is 14.8. The summed E-state index contributed by atoms with van der Waals surface area (Å²) in [7, 11) is 0. The lowest BCUT2D eigenvalue weighted by molar-refractivity contribution is 0.0681. The average molecular weight is 385 g/mol. The Kier molecular flexibility index (Phi) is 5.85. The third-order valence-corrected chi connectivity index (χ3v) is 8.26. The van der Waals surface area contributed by atoms with Crippen LogP contribution in [-0.2, 0) is 0 Å². The Morgan fingerprint density at radius 1 is 0.923 bits per heavy atom. The largest absolute Gasteiger partial charge is 0.332 e. The summed E-state index contributed by atoms with van der Waals surface area (Å²) in [6, 6.07) is 12.6. The Labute approximate surface area is 164 Å². The lowest BCUT2D eigenvalue weighted by Crippen LogP contribution is -2.34. The molecule has 0 aliphatic carbocycles. The molecule has 2 aromatic rings. The second kappa shape index (κ2) is 8.49. The van der Waals surface area contributed by atoms with Gasteiger partial charge in [-0.1, -0.05) is 25.0 Å². The Morgan fingerprint density at radius 3 is 2.38 bits per heavy atom. The quantitative estimate of drug-likeness (QED) is 0.717. The third kappa shape index (κ3) is 3.94. The Hall–Kier alpha value is -1.46. The maximum Gasteiger partial charge on any atom is 0.254 e. The first-order chi connectivity index (χ1) is 12.8. The van der Waals surface area contributed by atoms with Gasteiger partial charge in [-0.15, -0.1) is 23.5 Å².